The average molecular weight is 403 g/mol. The molecule has 27 heavy (non-hydrogen) atoms. The number of rotatable bonds is 22. The van der Waals surface area contributed by atoms with E-state index in [1.807, 2.05) is 11.8 Å². The van der Waals surface area contributed by atoms with Crippen LogP contribution in [0.25, 0.3) is 0 Å². The van der Waals surface area contributed by atoms with Crippen molar-refractivity contribution in [3.05, 3.63) is 0 Å². The van der Waals surface area contributed by atoms with Gasteiger partial charge in [0.25, 0.3) is 0 Å². The van der Waals surface area contributed by atoms with Gasteiger partial charge in [-0.2, -0.15) is 11.8 Å². The van der Waals surface area contributed by atoms with E-state index < -0.39 is 0 Å². The first kappa shape index (κ1) is 27.3. The summed E-state index contributed by atoms with van der Waals surface area (Å²) in [5, 5.41) is 18.7. The number of aliphatic hydroxyl groups is 2. The van der Waals surface area contributed by atoms with Crippen molar-refractivity contribution in [1.29, 1.82) is 0 Å². The molecule has 0 spiro atoms. The van der Waals surface area contributed by atoms with E-state index in [4.69, 9.17) is 5.11 Å². The lowest BCUT2D eigenvalue weighted by molar-refractivity contribution is 0.167. The minimum Gasteiger partial charge on any atom is -0.396 e. The maximum atomic E-state index is 9.57. The Kier molecular flexibility index (Phi) is 22.8. The van der Waals surface area contributed by atoms with Crippen LogP contribution in [0.2, 0.25) is 0 Å². The van der Waals surface area contributed by atoms with Crippen molar-refractivity contribution in [1.82, 2.24) is 0 Å². The molecule has 2 atom stereocenters. The van der Waals surface area contributed by atoms with Crippen LogP contribution in [-0.4, -0.2) is 34.4 Å². The van der Waals surface area contributed by atoms with Crippen LogP contribution < -0.4 is 0 Å². The molecule has 0 aromatic carbocycles. The monoisotopic (exact) mass is 402 g/mol. The lowest BCUT2D eigenvalue weighted by atomic mass is 9.91. The Morgan fingerprint density at radius 1 is 0.630 bits per heavy atom. The van der Waals surface area contributed by atoms with Gasteiger partial charge in [-0.15, -0.1) is 0 Å². The quantitative estimate of drug-likeness (QED) is 0.186. The Hall–Kier alpha value is 0.270. The zero-order valence-corrected chi connectivity index (χ0v) is 19.4. The normalized spacial score (nSPS) is 13.8. The molecule has 0 aliphatic heterocycles. The molecule has 3 heteroatoms. The fourth-order valence-electron chi connectivity index (χ4n) is 3.72. The van der Waals surface area contributed by atoms with E-state index in [0.29, 0.717) is 6.61 Å². The highest BCUT2D eigenvalue weighted by Crippen LogP contribution is 2.23. The molecule has 164 valence electrons. The first-order valence-corrected chi connectivity index (χ1v) is 13.3. The van der Waals surface area contributed by atoms with Crippen LogP contribution in [-0.2, 0) is 0 Å². The molecule has 0 amide bonds. The summed E-state index contributed by atoms with van der Waals surface area (Å²) in [6.45, 7) is 4.68. The highest BCUT2D eigenvalue weighted by molar-refractivity contribution is 7.99. The standard InChI is InChI=1S/C24H50O2S/c1-3-5-6-7-8-9-10-11-12-16-23(18-15-20-25)17-13-14-21-27-22-19-24(26)4-2/h23-26H,3-22H2,1-2H3. The topological polar surface area (TPSA) is 40.5 Å². The molecule has 2 nitrogen and oxygen atoms in total. The third-order valence-electron chi connectivity index (χ3n) is 5.70. The van der Waals surface area contributed by atoms with Gasteiger partial charge in [0.1, 0.15) is 0 Å². The van der Waals surface area contributed by atoms with Gasteiger partial charge in [0.15, 0.2) is 0 Å². The molecule has 0 aliphatic rings. The summed E-state index contributed by atoms with van der Waals surface area (Å²) in [6.07, 6.45) is 21.9. The van der Waals surface area contributed by atoms with Crippen molar-refractivity contribution in [3.8, 4) is 0 Å². The predicted molar refractivity (Wildman–Crippen MR) is 124 cm³/mol. The summed E-state index contributed by atoms with van der Waals surface area (Å²) in [6, 6.07) is 0. The first-order valence-electron chi connectivity index (χ1n) is 12.1. The summed E-state index contributed by atoms with van der Waals surface area (Å²) < 4.78 is 0. The third kappa shape index (κ3) is 20.8. The summed E-state index contributed by atoms with van der Waals surface area (Å²) in [5.41, 5.74) is 0. The number of aliphatic hydroxyl groups excluding tert-OH is 2. The highest BCUT2D eigenvalue weighted by atomic mass is 32.2. The SMILES string of the molecule is CCCCCCCCCCCC(CCCO)CCCCSCCC(O)CC. The Labute approximate surface area is 175 Å². The van der Waals surface area contributed by atoms with Crippen LogP contribution in [0, 0.1) is 5.92 Å². The molecule has 0 bridgehead atoms. The first-order chi connectivity index (χ1) is 13.2. The molecule has 0 rings (SSSR count). The lowest BCUT2D eigenvalue weighted by Crippen LogP contribution is -2.05. The van der Waals surface area contributed by atoms with E-state index in [1.54, 1.807) is 0 Å². The van der Waals surface area contributed by atoms with Gasteiger partial charge >= 0.3 is 0 Å². The van der Waals surface area contributed by atoms with Gasteiger partial charge < -0.3 is 10.2 Å². The van der Waals surface area contributed by atoms with Gasteiger partial charge in [0, 0.05) is 6.61 Å². The molecule has 2 N–H and O–H groups in total. The largest absolute Gasteiger partial charge is 0.396 e. The molecule has 0 fully saturated rings. The summed E-state index contributed by atoms with van der Waals surface area (Å²) in [4.78, 5) is 0. The molecular weight excluding hydrogens is 352 g/mol. The Morgan fingerprint density at radius 3 is 1.78 bits per heavy atom. The Morgan fingerprint density at radius 2 is 1.19 bits per heavy atom. The third-order valence-corrected chi connectivity index (χ3v) is 6.81. The zero-order chi connectivity index (χ0) is 20.0. The van der Waals surface area contributed by atoms with Crippen molar-refractivity contribution in [3.63, 3.8) is 0 Å². The number of thioether (sulfide) groups is 1. The second-order valence-electron chi connectivity index (χ2n) is 8.31. The average Bonchev–Trinajstić information content (AvgIpc) is 2.68. The Balaban J connectivity index is 3.58. The second kappa shape index (κ2) is 22.6. The van der Waals surface area contributed by atoms with E-state index >= 15 is 0 Å². The van der Waals surface area contributed by atoms with Gasteiger partial charge in [-0.3, -0.25) is 0 Å². The van der Waals surface area contributed by atoms with Crippen molar-refractivity contribution < 1.29 is 10.2 Å². The molecule has 0 saturated carbocycles. The fourth-order valence-corrected chi connectivity index (χ4v) is 4.77. The van der Waals surface area contributed by atoms with Crippen LogP contribution in [0.5, 0.6) is 0 Å². The second-order valence-corrected chi connectivity index (χ2v) is 9.53. The maximum Gasteiger partial charge on any atom is 0.0545 e. The lowest BCUT2D eigenvalue weighted by Gasteiger charge is -2.16. The molecular formula is C24H50O2S. The molecule has 2 unspecified atom stereocenters. The van der Waals surface area contributed by atoms with Crippen LogP contribution in [0.3, 0.4) is 0 Å². The van der Waals surface area contributed by atoms with Crippen LogP contribution >= 0.6 is 11.8 Å². The number of hydrogen-bond acceptors (Lipinski definition) is 3. The Bertz CT molecular complexity index is 273. The molecule has 0 aromatic heterocycles. The van der Waals surface area contributed by atoms with Gasteiger partial charge in [-0.25, -0.2) is 0 Å². The van der Waals surface area contributed by atoms with Gasteiger partial charge in [0.05, 0.1) is 6.10 Å². The van der Waals surface area contributed by atoms with Crippen molar-refractivity contribution in [2.45, 2.75) is 129 Å². The molecule has 0 aliphatic carbocycles. The molecule has 0 saturated heterocycles. The minimum atomic E-state index is -0.100. The van der Waals surface area contributed by atoms with E-state index in [0.717, 1.165) is 30.9 Å². The van der Waals surface area contributed by atoms with E-state index in [2.05, 4.69) is 13.8 Å². The number of hydrogen-bond donors (Lipinski definition) is 2. The van der Waals surface area contributed by atoms with Crippen molar-refractivity contribution >= 4 is 11.8 Å². The van der Waals surface area contributed by atoms with Gasteiger partial charge in [-0.1, -0.05) is 90.9 Å². The number of unbranched alkanes of at least 4 members (excludes halogenated alkanes) is 9. The van der Waals surface area contributed by atoms with Crippen molar-refractivity contribution in [2.24, 2.45) is 5.92 Å². The maximum absolute atomic E-state index is 9.57. The summed E-state index contributed by atoms with van der Waals surface area (Å²) in [7, 11) is 0. The van der Waals surface area contributed by atoms with Crippen LogP contribution in [0.1, 0.15) is 123 Å². The smallest absolute Gasteiger partial charge is 0.0545 e. The van der Waals surface area contributed by atoms with E-state index in [1.165, 1.54) is 95.6 Å². The van der Waals surface area contributed by atoms with E-state index in [-0.39, 0.29) is 6.10 Å². The predicted octanol–water partition coefficient (Wildman–Crippen LogP) is 7.36. The van der Waals surface area contributed by atoms with Crippen LogP contribution in [0.4, 0.5) is 0 Å². The van der Waals surface area contributed by atoms with E-state index in [9.17, 15) is 5.11 Å². The van der Waals surface area contributed by atoms with Gasteiger partial charge in [-0.05, 0) is 49.5 Å². The summed E-state index contributed by atoms with van der Waals surface area (Å²) in [5.74, 6) is 3.16. The van der Waals surface area contributed by atoms with Crippen molar-refractivity contribution in [2.75, 3.05) is 18.1 Å². The molecule has 0 heterocycles. The molecule has 0 radical (unpaired) electrons. The van der Waals surface area contributed by atoms with Gasteiger partial charge in [0.2, 0.25) is 0 Å². The zero-order valence-electron chi connectivity index (χ0n) is 18.6. The summed E-state index contributed by atoms with van der Waals surface area (Å²) >= 11 is 2.00. The molecule has 0 aromatic rings. The minimum absolute atomic E-state index is 0.100. The fraction of sp³-hybridized carbons (Fsp3) is 1.00. The highest BCUT2D eigenvalue weighted by Gasteiger charge is 2.08. The van der Waals surface area contributed by atoms with Crippen LogP contribution in [0.15, 0.2) is 0 Å².